The first-order valence-electron chi connectivity index (χ1n) is 8.33. The molecule has 6 nitrogen and oxygen atoms in total. The number of anilines is 3. The van der Waals surface area contributed by atoms with Crippen LogP contribution in [0.5, 0.6) is 0 Å². The van der Waals surface area contributed by atoms with Crippen LogP contribution in [-0.4, -0.2) is 23.0 Å². The molecule has 0 bridgehead atoms. The van der Waals surface area contributed by atoms with Crippen LogP contribution in [-0.2, 0) is 11.3 Å². The van der Waals surface area contributed by atoms with Gasteiger partial charge in [-0.1, -0.05) is 18.2 Å². The van der Waals surface area contributed by atoms with Crippen LogP contribution in [0.1, 0.15) is 21.6 Å². The highest BCUT2D eigenvalue weighted by Gasteiger charge is 2.08. The van der Waals surface area contributed by atoms with Crippen molar-refractivity contribution in [2.45, 2.75) is 13.5 Å². The van der Waals surface area contributed by atoms with Gasteiger partial charge in [0.05, 0.1) is 12.7 Å². The van der Waals surface area contributed by atoms with E-state index >= 15 is 0 Å². The van der Waals surface area contributed by atoms with E-state index < -0.39 is 5.97 Å². The van der Waals surface area contributed by atoms with E-state index in [4.69, 9.17) is 4.74 Å². The van der Waals surface area contributed by atoms with Crippen molar-refractivity contribution < 1.29 is 13.9 Å². The molecule has 138 valence electrons. The first-order valence-corrected chi connectivity index (χ1v) is 8.33. The summed E-state index contributed by atoms with van der Waals surface area (Å²) in [6, 6.07) is 15.0. The molecule has 0 aliphatic carbocycles. The van der Waals surface area contributed by atoms with E-state index in [1.807, 2.05) is 19.1 Å². The van der Waals surface area contributed by atoms with Gasteiger partial charge in [0, 0.05) is 24.0 Å². The maximum absolute atomic E-state index is 13.0. The number of rotatable bonds is 6. The zero-order valence-corrected chi connectivity index (χ0v) is 15.0. The summed E-state index contributed by atoms with van der Waals surface area (Å²) < 4.78 is 17.7. The monoisotopic (exact) mass is 366 g/mol. The lowest BCUT2D eigenvalue weighted by molar-refractivity contribution is 0.0601. The number of benzene rings is 2. The summed E-state index contributed by atoms with van der Waals surface area (Å²) in [6.07, 6.45) is 0. The molecule has 0 aliphatic heterocycles. The summed E-state index contributed by atoms with van der Waals surface area (Å²) >= 11 is 0. The predicted molar refractivity (Wildman–Crippen MR) is 102 cm³/mol. The zero-order chi connectivity index (χ0) is 19.2. The molecule has 0 unspecified atom stereocenters. The van der Waals surface area contributed by atoms with Crippen LogP contribution in [0.25, 0.3) is 0 Å². The van der Waals surface area contributed by atoms with Gasteiger partial charge in [-0.2, -0.15) is 4.98 Å². The summed E-state index contributed by atoms with van der Waals surface area (Å²) in [6.45, 7) is 2.37. The molecule has 3 aromatic rings. The highest BCUT2D eigenvalue weighted by molar-refractivity contribution is 5.90. The average Bonchev–Trinajstić information content (AvgIpc) is 2.67. The van der Waals surface area contributed by atoms with Crippen molar-refractivity contribution in [3.05, 3.63) is 77.2 Å². The van der Waals surface area contributed by atoms with Crippen molar-refractivity contribution in [3.8, 4) is 0 Å². The van der Waals surface area contributed by atoms with E-state index in [0.717, 1.165) is 11.3 Å². The number of ether oxygens (including phenoxy) is 1. The van der Waals surface area contributed by atoms with Gasteiger partial charge >= 0.3 is 5.97 Å². The molecule has 2 aromatic carbocycles. The standard InChI is InChI=1S/C20H19FN4O2/c1-13-10-18(22-12-14-6-8-16(21)9-7-14)25-20(23-13)24-17-5-3-4-15(11-17)19(26)27-2/h3-11H,12H2,1-2H3,(H2,22,23,24,25). The minimum absolute atomic E-state index is 0.266. The lowest BCUT2D eigenvalue weighted by atomic mass is 10.2. The van der Waals surface area contributed by atoms with Gasteiger partial charge in [0.2, 0.25) is 5.95 Å². The number of hydrogen-bond acceptors (Lipinski definition) is 6. The molecule has 0 fully saturated rings. The molecule has 0 spiro atoms. The van der Waals surface area contributed by atoms with Gasteiger partial charge in [-0.15, -0.1) is 0 Å². The molecule has 0 amide bonds. The molecule has 3 rings (SSSR count). The largest absolute Gasteiger partial charge is 0.465 e. The van der Waals surface area contributed by atoms with Gasteiger partial charge in [0.15, 0.2) is 0 Å². The molecular weight excluding hydrogens is 347 g/mol. The molecule has 0 radical (unpaired) electrons. The number of aromatic nitrogens is 2. The lowest BCUT2D eigenvalue weighted by Crippen LogP contribution is -2.06. The van der Waals surface area contributed by atoms with Gasteiger partial charge in [0.1, 0.15) is 11.6 Å². The quantitative estimate of drug-likeness (QED) is 0.641. The Labute approximate surface area is 156 Å². The Balaban J connectivity index is 1.73. The molecule has 0 atom stereocenters. The second-order valence-electron chi connectivity index (χ2n) is 5.90. The highest BCUT2D eigenvalue weighted by Crippen LogP contribution is 2.18. The summed E-state index contributed by atoms with van der Waals surface area (Å²) in [5.41, 5.74) is 2.82. The van der Waals surface area contributed by atoms with Gasteiger partial charge in [0.25, 0.3) is 0 Å². The topological polar surface area (TPSA) is 76.1 Å². The molecule has 0 aliphatic rings. The Bertz CT molecular complexity index is 945. The fourth-order valence-electron chi connectivity index (χ4n) is 2.48. The van der Waals surface area contributed by atoms with E-state index in [9.17, 15) is 9.18 Å². The maximum atomic E-state index is 13.0. The third-order valence-electron chi connectivity index (χ3n) is 3.78. The number of carbonyl (C=O) groups is 1. The zero-order valence-electron chi connectivity index (χ0n) is 15.0. The lowest BCUT2D eigenvalue weighted by Gasteiger charge is -2.11. The minimum atomic E-state index is -0.412. The molecule has 0 saturated carbocycles. The van der Waals surface area contributed by atoms with Crippen LogP contribution in [0.15, 0.2) is 54.6 Å². The van der Waals surface area contributed by atoms with E-state index in [2.05, 4.69) is 20.6 Å². The van der Waals surface area contributed by atoms with Crippen molar-refractivity contribution in [3.63, 3.8) is 0 Å². The molecule has 1 aromatic heterocycles. The highest BCUT2D eigenvalue weighted by atomic mass is 19.1. The van der Waals surface area contributed by atoms with E-state index in [1.54, 1.807) is 30.3 Å². The summed E-state index contributed by atoms with van der Waals surface area (Å²) in [4.78, 5) is 20.4. The van der Waals surface area contributed by atoms with E-state index in [1.165, 1.54) is 19.2 Å². The van der Waals surface area contributed by atoms with Crippen molar-refractivity contribution in [1.29, 1.82) is 0 Å². The molecule has 27 heavy (non-hydrogen) atoms. The van der Waals surface area contributed by atoms with Gasteiger partial charge in [-0.05, 0) is 42.8 Å². The SMILES string of the molecule is COC(=O)c1cccc(Nc2nc(C)cc(NCc3ccc(F)cc3)n2)c1. The van der Waals surface area contributed by atoms with Crippen molar-refractivity contribution in [2.24, 2.45) is 0 Å². The normalized spacial score (nSPS) is 10.3. The number of nitrogens with one attached hydrogen (secondary N) is 2. The van der Waals surface area contributed by atoms with Crippen LogP contribution in [0, 0.1) is 12.7 Å². The van der Waals surface area contributed by atoms with Crippen LogP contribution in [0.4, 0.5) is 21.8 Å². The van der Waals surface area contributed by atoms with Crippen LogP contribution >= 0.6 is 0 Å². The van der Waals surface area contributed by atoms with Crippen LogP contribution in [0.3, 0.4) is 0 Å². The predicted octanol–water partition coefficient (Wildman–Crippen LogP) is 4.07. The van der Waals surface area contributed by atoms with Gasteiger partial charge in [-0.25, -0.2) is 14.2 Å². The Morgan fingerprint density at radius 2 is 1.89 bits per heavy atom. The maximum Gasteiger partial charge on any atom is 0.337 e. The van der Waals surface area contributed by atoms with Gasteiger partial charge < -0.3 is 15.4 Å². The molecule has 7 heteroatoms. The smallest absolute Gasteiger partial charge is 0.337 e. The summed E-state index contributed by atoms with van der Waals surface area (Å²) in [5, 5.41) is 6.29. The number of esters is 1. The molecule has 1 heterocycles. The fraction of sp³-hybridized carbons (Fsp3) is 0.150. The van der Waals surface area contributed by atoms with Gasteiger partial charge in [-0.3, -0.25) is 0 Å². The fourth-order valence-corrected chi connectivity index (χ4v) is 2.48. The number of nitrogens with zero attached hydrogens (tertiary/aromatic N) is 2. The summed E-state index contributed by atoms with van der Waals surface area (Å²) in [5.74, 6) is 0.361. The average molecular weight is 366 g/mol. The molecular formula is C20H19FN4O2. The van der Waals surface area contributed by atoms with Crippen molar-refractivity contribution >= 4 is 23.4 Å². The minimum Gasteiger partial charge on any atom is -0.465 e. The number of carbonyl (C=O) groups excluding carboxylic acids is 1. The van der Waals surface area contributed by atoms with E-state index in [0.29, 0.717) is 29.6 Å². The molecule has 2 N–H and O–H groups in total. The van der Waals surface area contributed by atoms with E-state index in [-0.39, 0.29) is 5.82 Å². The van der Waals surface area contributed by atoms with Crippen molar-refractivity contribution in [2.75, 3.05) is 17.7 Å². The Morgan fingerprint density at radius 3 is 2.63 bits per heavy atom. The number of halogens is 1. The number of methoxy groups -OCH3 is 1. The second kappa shape index (κ2) is 8.27. The van der Waals surface area contributed by atoms with Crippen LogP contribution in [0.2, 0.25) is 0 Å². The Morgan fingerprint density at radius 1 is 1.11 bits per heavy atom. The third kappa shape index (κ3) is 5.01. The summed E-state index contributed by atoms with van der Waals surface area (Å²) in [7, 11) is 1.34. The first kappa shape index (κ1) is 18.3. The second-order valence-corrected chi connectivity index (χ2v) is 5.90. The Hall–Kier alpha value is -3.48. The first-order chi connectivity index (χ1) is 13.0. The number of hydrogen-bond donors (Lipinski definition) is 2. The van der Waals surface area contributed by atoms with Crippen LogP contribution < -0.4 is 10.6 Å². The molecule has 0 saturated heterocycles. The Kier molecular flexibility index (Phi) is 5.61. The number of aryl methyl sites for hydroxylation is 1. The third-order valence-corrected chi connectivity index (χ3v) is 3.78. The van der Waals surface area contributed by atoms with Crippen molar-refractivity contribution in [1.82, 2.24) is 9.97 Å².